The number of morpholine rings is 1. The Hall–Kier alpha value is -1.65. The van der Waals surface area contributed by atoms with E-state index in [-0.39, 0.29) is 22.4 Å². The highest BCUT2D eigenvalue weighted by Crippen LogP contribution is 2.70. The Bertz CT molecular complexity index is 1110. The Morgan fingerprint density at radius 1 is 1.00 bits per heavy atom. The van der Waals surface area contributed by atoms with E-state index < -0.39 is 0 Å². The molecule has 0 aromatic heterocycles. The van der Waals surface area contributed by atoms with Crippen LogP contribution in [0.25, 0.3) is 0 Å². The fourth-order valence-electron chi connectivity index (χ4n) is 9.55. The number of fused-ring (bicyclic) bond motifs is 7. The molecule has 3 saturated carbocycles. The van der Waals surface area contributed by atoms with Crippen molar-refractivity contribution in [1.82, 2.24) is 4.90 Å². The first kappa shape index (κ1) is 24.7. The number of allylic oxidation sites excluding steroid dienone is 7. The minimum Gasteiger partial charge on any atom is -0.504 e. The lowest BCUT2D eigenvalue weighted by Gasteiger charge is -2.65. The quantitative estimate of drug-likeness (QED) is 0.475. The van der Waals surface area contributed by atoms with Gasteiger partial charge in [-0.2, -0.15) is 0 Å². The number of ether oxygens (including phenoxy) is 1. The molecule has 6 rings (SSSR count). The Morgan fingerprint density at radius 3 is 2.47 bits per heavy atom. The van der Waals surface area contributed by atoms with E-state index in [1.807, 2.05) is 6.92 Å². The maximum Gasteiger partial charge on any atom is 0.220 e. The van der Waals surface area contributed by atoms with Crippen molar-refractivity contribution in [3.8, 4) is 0 Å². The fourth-order valence-corrected chi connectivity index (χ4v) is 9.55. The van der Waals surface area contributed by atoms with Crippen LogP contribution in [-0.4, -0.2) is 48.6 Å². The molecule has 6 aliphatic rings. The van der Waals surface area contributed by atoms with E-state index in [0.717, 1.165) is 55.4 Å². The molecule has 196 valence electrons. The third kappa shape index (κ3) is 3.50. The van der Waals surface area contributed by atoms with Gasteiger partial charge in [0.05, 0.1) is 13.2 Å². The van der Waals surface area contributed by atoms with Crippen molar-refractivity contribution in [2.75, 3.05) is 32.8 Å². The first-order valence-electron chi connectivity index (χ1n) is 14.4. The summed E-state index contributed by atoms with van der Waals surface area (Å²) in [5.74, 6) is 1.14. The van der Waals surface area contributed by atoms with Gasteiger partial charge in [0.2, 0.25) is 5.78 Å². The summed E-state index contributed by atoms with van der Waals surface area (Å²) in [6.07, 6.45) is 15.3. The summed E-state index contributed by atoms with van der Waals surface area (Å²) < 4.78 is 5.63. The van der Waals surface area contributed by atoms with E-state index in [1.165, 1.54) is 45.1 Å². The number of carbonyl (C=O) groups is 1. The Balaban J connectivity index is 1.34. The van der Waals surface area contributed by atoms with Gasteiger partial charge in [-0.1, -0.05) is 45.4 Å². The summed E-state index contributed by atoms with van der Waals surface area (Å²) in [5.41, 5.74) is 5.38. The molecule has 5 aliphatic carbocycles. The van der Waals surface area contributed by atoms with E-state index >= 15 is 0 Å². The highest BCUT2D eigenvalue weighted by atomic mass is 16.5. The maximum atomic E-state index is 12.7. The number of hydrogen-bond donors (Lipinski definition) is 1. The highest BCUT2D eigenvalue weighted by Gasteiger charge is 2.61. The van der Waals surface area contributed by atoms with Gasteiger partial charge in [-0.05, 0) is 97.2 Å². The smallest absolute Gasteiger partial charge is 0.220 e. The molecule has 0 amide bonds. The van der Waals surface area contributed by atoms with Crippen LogP contribution < -0.4 is 0 Å². The van der Waals surface area contributed by atoms with Gasteiger partial charge in [0.1, 0.15) is 0 Å². The number of carbonyl (C=O) groups excluding carboxylic acids is 1. The minimum absolute atomic E-state index is 0.0828. The lowest BCUT2D eigenvalue weighted by molar-refractivity contribution is -0.114. The van der Waals surface area contributed by atoms with Gasteiger partial charge in [0.15, 0.2) is 5.76 Å². The van der Waals surface area contributed by atoms with Crippen LogP contribution in [0.15, 0.2) is 46.3 Å². The largest absolute Gasteiger partial charge is 0.504 e. The van der Waals surface area contributed by atoms with Crippen LogP contribution in [0.4, 0.5) is 0 Å². The predicted octanol–water partition coefficient (Wildman–Crippen LogP) is 6.56. The van der Waals surface area contributed by atoms with Crippen LogP contribution in [0.5, 0.6) is 0 Å². The minimum atomic E-state index is -0.225. The van der Waals surface area contributed by atoms with Crippen molar-refractivity contribution in [2.45, 2.75) is 79.6 Å². The number of hydrogen-bond acceptors (Lipinski definition) is 4. The van der Waals surface area contributed by atoms with Crippen LogP contribution >= 0.6 is 0 Å². The standard InChI is InChI=1S/C32H45NO3/c1-21-22-6-7-27-31(4,24(22)18-26(34)28(21)35)9-8-23-25-19-29(2,20-33-14-16-36-17-15-33)10-11-30(25,3)12-13-32(23,27)5/h6-7,18,23,25,35H,8-17,19-20H2,1-5H3/t23?,25?,29-,30?,31?,32?/m1/s1. The molecule has 0 spiro atoms. The molecule has 0 radical (unpaired) electrons. The summed E-state index contributed by atoms with van der Waals surface area (Å²) in [4.78, 5) is 15.3. The summed E-state index contributed by atoms with van der Waals surface area (Å²) in [7, 11) is 0. The molecule has 4 fully saturated rings. The maximum absolute atomic E-state index is 12.7. The molecule has 1 saturated heterocycles. The normalized spacial score (nSPS) is 45.0. The zero-order valence-electron chi connectivity index (χ0n) is 23.1. The highest BCUT2D eigenvalue weighted by molar-refractivity contribution is 6.06. The third-order valence-electron chi connectivity index (χ3n) is 11.9. The van der Waals surface area contributed by atoms with Gasteiger partial charge >= 0.3 is 0 Å². The van der Waals surface area contributed by atoms with Crippen molar-refractivity contribution in [3.05, 3.63) is 46.3 Å². The Labute approximate surface area is 217 Å². The number of aliphatic hydroxyl groups is 1. The second-order valence-electron chi connectivity index (χ2n) is 14.1. The molecular formula is C32H45NO3. The lowest BCUT2D eigenvalue weighted by atomic mass is 9.39. The third-order valence-corrected chi connectivity index (χ3v) is 11.9. The van der Waals surface area contributed by atoms with E-state index in [4.69, 9.17) is 4.74 Å². The van der Waals surface area contributed by atoms with Crippen LogP contribution in [0.3, 0.4) is 0 Å². The zero-order valence-corrected chi connectivity index (χ0v) is 23.1. The molecule has 0 bridgehead atoms. The van der Waals surface area contributed by atoms with E-state index in [9.17, 15) is 9.90 Å². The monoisotopic (exact) mass is 491 g/mol. The second-order valence-corrected chi connectivity index (χ2v) is 14.1. The van der Waals surface area contributed by atoms with Crippen molar-refractivity contribution < 1.29 is 14.6 Å². The zero-order chi connectivity index (χ0) is 25.5. The lowest BCUT2D eigenvalue weighted by Crippen LogP contribution is -2.57. The van der Waals surface area contributed by atoms with Gasteiger partial charge in [-0.3, -0.25) is 9.69 Å². The van der Waals surface area contributed by atoms with Gasteiger partial charge in [0.25, 0.3) is 0 Å². The van der Waals surface area contributed by atoms with Gasteiger partial charge in [-0.25, -0.2) is 0 Å². The molecule has 1 aliphatic heterocycles. The van der Waals surface area contributed by atoms with Gasteiger partial charge in [-0.15, -0.1) is 0 Å². The molecule has 0 aromatic carbocycles. The summed E-state index contributed by atoms with van der Waals surface area (Å²) in [6.45, 7) is 17.1. The van der Waals surface area contributed by atoms with Crippen LogP contribution in [0, 0.1) is 33.5 Å². The van der Waals surface area contributed by atoms with Gasteiger partial charge in [0, 0.05) is 30.6 Å². The fraction of sp³-hybridized carbons (Fsp3) is 0.719. The SMILES string of the molecule is CC1=C(O)C(=O)C=C2C1=CC=C1C2(C)CCC2C3C[C@](C)(CN4CCOCC4)CCC3(C)CCC12C. The van der Waals surface area contributed by atoms with Crippen LogP contribution in [0.1, 0.15) is 79.6 Å². The number of nitrogens with zero attached hydrogens (tertiary/aromatic N) is 1. The molecule has 0 aromatic rings. The second kappa shape index (κ2) is 8.17. The average Bonchev–Trinajstić information content (AvgIpc) is 2.84. The number of rotatable bonds is 2. The average molecular weight is 492 g/mol. The molecule has 6 atom stereocenters. The summed E-state index contributed by atoms with van der Waals surface area (Å²) in [5, 5.41) is 10.3. The number of ketones is 1. The predicted molar refractivity (Wildman–Crippen MR) is 144 cm³/mol. The van der Waals surface area contributed by atoms with Crippen molar-refractivity contribution in [1.29, 1.82) is 0 Å². The topological polar surface area (TPSA) is 49.8 Å². The first-order chi connectivity index (χ1) is 17.0. The van der Waals surface area contributed by atoms with E-state index in [1.54, 1.807) is 11.6 Å². The van der Waals surface area contributed by atoms with Crippen molar-refractivity contribution in [2.24, 2.45) is 33.5 Å². The summed E-state index contributed by atoms with van der Waals surface area (Å²) >= 11 is 0. The molecule has 1 heterocycles. The molecule has 4 heteroatoms. The van der Waals surface area contributed by atoms with E-state index in [0.29, 0.717) is 16.7 Å². The molecular weight excluding hydrogens is 446 g/mol. The van der Waals surface area contributed by atoms with Crippen molar-refractivity contribution in [3.63, 3.8) is 0 Å². The van der Waals surface area contributed by atoms with Crippen molar-refractivity contribution >= 4 is 5.78 Å². The van der Waals surface area contributed by atoms with Gasteiger partial charge < -0.3 is 9.84 Å². The molecule has 1 N–H and O–H groups in total. The Morgan fingerprint density at radius 2 is 1.72 bits per heavy atom. The number of aliphatic hydroxyl groups excluding tert-OH is 1. The van der Waals surface area contributed by atoms with Crippen LogP contribution in [0.2, 0.25) is 0 Å². The van der Waals surface area contributed by atoms with Crippen LogP contribution in [-0.2, 0) is 9.53 Å². The Kier molecular flexibility index (Phi) is 5.60. The molecule has 4 nitrogen and oxygen atoms in total. The molecule has 36 heavy (non-hydrogen) atoms. The first-order valence-corrected chi connectivity index (χ1v) is 14.4. The summed E-state index contributed by atoms with van der Waals surface area (Å²) in [6, 6.07) is 0. The van der Waals surface area contributed by atoms with E-state index in [2.05, 4.69) is 44.7 Å². The molecule has 5 unspecified atom stereocenters.